The molecule has 0 radical (unpaired) electrons. The highest BCUT2D eigenvalue weighted by molar-refractivity contribution is 5.59. The lowest BCUT2D eigenvalue weighted by atomic mass is 10.2. The molecule has 0 saturated carbocycles. The van der Waals surface area contributed by atoms with Gasteiger partial charge in [0.25, 0.3) is 0 Å². The zero-order chi connectivity index (χ0) is 7.68. The van der Waals surface area contributed by atoms with Crippen LogP contribution in [0.15, 0.2) is 34.7 Å². The summed E-state index contributed by atoms with van der Waals surface area (Å²) in [6, 6.07) is 9.50. The van der Waals surface area contributed by atoms with E-state index in [0.717, 1.165) is 11.3 Å². The van der Waals surface area contributed by atoms with E-state index in [1.165, 1.54) is 0 Å². The van der Waals surface area contributed by atoms with Crippen molar-refractivity contribution in [3.63, 3.8) is 0 Å². The van der Waals surface area contributed by atoms with E-state index in [1.54, 1.807) is 6.07 Å². The van der Waals surface area contributed by atoms with Gasteiger partial charge in [0.2, 0.25) is 0 Å². The molecule has 0 aromatic rings. The zero-order valence-electron chi connectivity index (χ0n) is 5.95. The molecular formula is C9H8O2. The maximum atomic E-state index is 8.74. The molecule has 0 aromatic carbocycles. The summed E-state index contributed by atoms with van der Waals surface area (Å²) in [7, 11) is 0. The maximum absolute atomic E-state index is 8.74. The molecule has 1 aliphatic heterocycles. The SMILES string of the molecule is OCc1ccc2cccc-2o1. The number of fused-ring (bicyclic) bond motifs is 1. The van der Waals surface area contributed by atoms with Crippen LogP contribution in [0.3, 0.4) is 0 Å². The lowest BCUT2D eigenvalue weighted by Crippen LogP contribution is -1.82. The molecule has 0 bridgehead atoms. The first-order chi connectivity index (χ1) is 5.40. The average Bonchev–Trinajstić information content (AvgIpc) is 2.50. The third-order valence-corrected chi connectivity index (χ3v) is 1.65. The van der Waals surface area contributed by atoms with Gasteiger partial charge in [-0.2, -0.15) is 0 Å². The third kappa shape index (κ3) is 1.01. The third-order valence-electron chi connectivity index (χ3n) is 1.65. The van der Waals surface area contributed by atoms with E-state index in [1.807, 2.05) is 24.3 Å². The smallest absolute Gasteiger partial charge is 0.134 e. The fourth-order valence-electron chi connectivity index (χ4n) is 1.09. The second-order valence-corrected chi connectivity index (χ2v) is 2.41. The van der Waals surface area contributed by atoms with Crippen LogP contribution in [-0.2, 0) is 6.61 Å². The standard InChI is InChI=1S/C9H8O2/c10-6-8-5-4-7-2-1-3-9(7)11-8/h1-5,10H,6H2. The van der Waals surface area contributed by atoms with Gasteiger partial charge in [-0.25, -0.2) is 0 Å². The Kier molecular flexibility index (Phi) is 1.40. The molecule has 1 aliphatic carbocycles. The highest BCUT2D eigenvalue weighted by Crippen LogP contribution is 2.23. The topological polar surface area (TPSA) is 33.4 Å². The van der Waals surface area contributed by atoms with Crippen molar-refractivity contribution in [2.24, 2.45) is 0 Å². The van der Waals surface area contributed by atoms with Crippen LogP contribution < -0.4 is 0 Å². The van der Waals surface area contributed by atoms with Crippen LogP contribution in [0.1, 0.15) is 5.76 Å². The number of hydrogen-bond donors (Lipinski definition) is 1. The molecule has 2 rings (SSSR count). The van der Waals surface area contributed by atoms with E-state index < -0.39 is 0 Å². The molecule has 11 heavy (non-hydrogen) atoms. The molecule has 2 aliphatic rings. The van der Waals surface area contributed by atoms with Crippen LogP contribution in [0.4, 0.5) is 0 Å². The highest BCUT2D eigenvalue weighted by Gasteiger charge is 2.03. The Bertz CT molecular complexity index is 324. The van der Waals surface area contributed by atoms with Crippen LogP contribution in [0, 0.1) is 0 Å². The van der Waals surface area contributed by atoms with Gasteiger partial charge < -0.3 is 9.52 Å². The summed E-state index contributed by atoms with van der Waals surface area (Å²) in [5.41, 5.74) is 1.07. The van der Waals surface area contributed by atoms with E-state index in [0.29, 0.717) is 5.76 Å². The molecule has 2 heteroatoms. The summed E-state index contributed by atoms with van der Waals surface area (Å²) in [6.07, 6.45) is 0. The summed E-state index contributed by atoms with van der Waals surface area (Å²) in [6.45, 7) is -0.0406. The van der Waals surface area contributed by atoms with Crippen molar-refractivity contribution < 1.29 is 9.52 Å². The van der Waals surface area contributed by atoms with E-state index >= 15 is 0 Å². The highest BCUT2D eigenvalue weighted by atomic mass is 16.4. The van der Waals surface area contributed by atoms with Crippen LogP contribution in [0.25, 0.3) is 11.3 Å². The Hall–Kier alpha value is -1.28. The predicted molar refractivity (Wildman–Crippen MR) is 41.3 cm³/mol. The normalized spacial score (nSPS) is 10.6. The molecule has 2 nitrogen and oxygen atoms in total. The van der Waals surface area contributed by atoms with E-state index in [4.69, 9.17) is 9.52 Å². The minimum Gasteiger partial charge on any atom is -0.459 e. The molecule has 0 unspecified atom stereocenters. The number of aliphatic hydroxyl groups excluding tert-OH is 1. The molecule has 0 aromatic heterocycles. The lowest BCUT2D eigenvalue weighted by Gasteiger charge is -1.99. The number of hydrogen-bond acceptors (Lipinski definition) is 2. The summed E-state index contributed by atoms with van der Waals surface area (Å²) in [4.78, 5) is 0. The largest absolute Gasteiger partial charge is 0.459 e. The van der Waals surface area contributed by atoms with Gasteiger partial charge in [0, 0.05) is 5.56 Å². The number of rotatable bonds is 1. The first-order valence-electron chi connectivity index (χ1n) is 3.48. The minimum absolute atomic E-state index is 0.0406. The summed E-state index contributed by atoms with van der Waals surface area (Å²) in [5.74, 6) is 1.43. The Morgan fingerprint density at radius 3 is 2.91 bits per heavy atom. The van der Waals surface area contributed by atoms with Gasteiger partial charge in [-0.15, -0.1) is 0 Å². The lowest BCUT2D eigenvalue weighted by molar-refractivity contribution is 0.246. The first-order valence-corrected chi connectivity index (χ1v) is 3.48. The van der Waals surface area contributed by atoms with Crippen LogP contribution in [-0.4, -0.2) is 5.11 Å². The first kappa shape index (κ1) is 6.43. The van der Waals surface area contributed by atoms with Gasteiger partial charge in [0.15, 0.2) is 0 Å². The second kappa shape index (κ2) is 2.40. The number of aliphatic hydroxyl groups is 1. The van der Waals surface area contributed by atoms with Gasteiger partial charge in [-0.3, -0.25) is 0 Å². The second-order valence-electron chi connectivity index (χ2n) is 2.41. The molecule has 0 fully saturated rings. The van der Waals surface area contributed by atoms with Crippen LogP contribution in [0.2, 0.25) is 0 Å². The van der Waals surface area contributed by atoms with Crippen molar-refractivity contribution in [1.82, 2.24) is 0 Å². The minimum atomic E-state index is -0.0406. The molecule has 0 atom stereocenters. The van der Waals surface area contributed by atoms with E-state index in [9.17, 15) is 0 Å². The van der Waals surface area contributed by atoms with Gasteiger partial charge >= 0.3 is 0 Å². The van der Waals surface area contributed by atoms with Crippen LogP contribution >= 0.6 is 0 Å². The Labute approximate surface area is 64.4 Å². The van der Waals surface area contributed by atoms with Crippen molar-refractivity contribution in [2.75, 3.05) is 0 Å². The summed E-state index contributed by atoms with van der Waals surface area (Å²) < 4.78 is 5.30. The molecule has 1 N–H and O–H groups in total. The fraction of sp³-hybridized carbons (Fsp3) is 0.111. The van der Waals surface area contributed by atoms with Gasteiger partial charge in [-0.1, -0.05) is 12.1 Å². The van der Waals surface area contributed by atoms with Gasteiger partial charge in [0.1, 0.15) is 18.1 Å². The molecule has 56 valence electrons. The maximum Gasteiger partial charge on any atom is 0.134 e. The zero-order valence-corrected chi connectivity index (χ0v) is 5.95. The van der Waals surface area contributed by atoms with Crippen molar-refractivity contribution in [3.8, 4) is 11.3 Å². The Morgan fingerprint density at radius 1 is 1.18 bits per heavy atom. The van der Waals surface area contributed by atoms with Gasteiger partial charge in [-0.05, 0) is 18.2 Å². The molecule has 1 heterocycles. The monoisotopic (exact) mass is 148 g/mol. The Morgan fingerprint density at radius 2 is 2.09 bits per heavy atom. The van der Waals surface area contributed by atoms with E-state index in [-0.39, 0.29) is 6.61 Å². The molecule has 0 saturated heterocycles. The summed E-state index contributed by atoms with van der Waals surface area (Å²) >= 11 is 0. The Balaban J connectivity index is 2.59. The molecule has 0 amide bonds. The van der Waals surface area contributed by atoms with Crippen molar-refractivity contribution in [3.05, 3.63) is 36.1 Å². The average molecular weight is 148 g/mol. The quantitative estimate of drug-likeness (QED) is 0.669. The summed E-state index contributed by atoms with van der Waals surface area (Å²) in [5, 5.41) is 8.74. The fourth-order valence-corrected chi connectivity index (χ4v) is 1.09. The predicted octanol–water partition coefficient (Wildman–Crippen LogP) is 1.88. The van der Waals surface area contributed by atoms with Crippen molar-refractivity contribution >= 4 is 0 Å². The molecular weight excluding hydrogens is 140 g/mol. The van der Waals surface area contributed by atoms with Crippen molar-refractivity contribution in [2.45, 2.75) is 6.61 Å². The van der Waals surface area contributed by atoms with Crippen LogP contribution in [0.5, 0.6) is 0 Å². The molecule has 0 spiro atoms. The van der Waals surface area contributed by atoms with E-state index in [2.05, 4.69) is 0 Å². The van der Waals surface area contributed by atoms with Gasteiger partial charge in [0.05, 0.1) is 0 Å². The van der Waals surface area contributed by atoms with Crippen molar-refractivity contribution in [1.29, 1.82) is 0 Å².